The summed E-state index contributed by atoms with van der Waals surface area (Å²) < 4.78 is 4.90. The molecule has 7 N–H and O–H groups in total. The zero-order chi connectivity index (χ0) is 35.3. The summed E-state index contributed by atoms with van der Waals surface area (Å²) in [5, 5.41) is 18.1. The molecule has 1 atom stereocenters. The average Bonchev–Trinajstić information content (AvgIpc) is 3.66. The van der Waals surface area contributed by atoms with Crippen molar-refractivity contribution in [3.05, 3.63) is 70.8 Å². The summed E-state index contributed by atoms with van der Waals surface area (Å²) >= 11 is 0. The number of carbonyl (C=O) groups excluding carboxylic acids is 3. The molecule has 3 heterocycles. The summed E-state index contributed by atoms with van der Waals surface area (Å²) in [5.41, 5.74) is 17.3. The number of anilines is 2. The van der Waals surface area contributed by atoms with Crippen molar-refractivity contribution in [1.82, 2.24) is 15.1 Å². The average molecular weight is 668 g/mol. The number of benzene rings is 2. The van der Waals surface area contributed by atoms with Crippen molar-refractivity contribution in [2.75, 3.05) is 56.9 Å². The molecule has 258 valence electrons. The molecule has 0 saturated carbocycles. The van der Waals surface area contributed by atoms with Crippen molar-refractivity contribution >= 4 is 58.9 Å². The number of nitrogens with zero attached hydrogens (tertiary/aromatic N) is 4. The Morgan fingerprint density at radius 1 is 1.12 bits per heavy atom. The highest BCUT2D eigenvalue weighted by atomic mass is 16.6. The van der Waals surface area contributed by atoms with Gasteiger partial charge in [0.2, 0.25) is 17.7 Å². The van der Waals surface area contributed by atoms with Crippen LogP contribution in [-0.4, -0.2) is 98.4 Å². The lowest BCUT2D eigenvalue weighted by molar-refractivity contribution is -0.132. The Bertz CT molecular complexity index is 1730. The minimum Gasteiger partial charge on any atom is -0.398 e. The second-order valence-corrected chi connectivity index (χ2v) is 13.0. The van der Waals surface area contributed by atoms with Gasteiger partial charge in [-0.2, -0.15) is 0 Å². The first kappa shape index (κ1) is 35.0. The van der Waals surface area contributed by atoms with E-state index in [2.05, 4.69) is 21.3 Å². The summed E-state index contributed by atoms with van der Waals surface area (Å²) in [6, 6.07) is 12.7. The van der Waals surface area contributed by atoms with E-state index in [1.165, 1.54) is 7.05 Å². The summed E-state index contributed by atoms with van der Waals surface area (Å²) in [7, 11) is 1.44. The fourth-order valence-corrected chi connectivity index (χ4v) is 6.54. The van der Waals surface area contributed by atoms with E-state index in [1.807, 2.05) is 43.0 Å². The monoisotopic (exact) mass is 667 g/mol. The molecule has 3 aliphatic heterocycles. The number of ether oxygens (including phenoxy) is 1. The number of nitrogen functional groups attached to an aromatic ring is 1. The third-order valence-corrected chi connectivity index (χ3v) is 9.40. The number of carbonyl (C=O) groups is 3. The molecular formula is C36H45N9O4. The largest absolute Gasteiger partial charge is 0.413 e. The van der Waals surface area contributed by atoms with E-state index in [-0.39, 0.29) is 30.3 Å². The summed E-state index contributed by atoms with van der Waals surface area (Å²) in [6.45, 7) is 6.98. The minimum absolute atomic E-state index is 0.0400. The first-order valence-electron chi connectivity index (χ1n) is 16.5. The Morgan fingerprint density at radius 3 is 2.51 bits per heavy atom. The standard InChI is InChI=1S/C36H45N9O4/c1-23(2)42-20-27(19-37)32(39)29-18-28(8-9-30(29)38)45-17-13-36(34(45)47)12-16-43(22-36)21-31(46)44-14-10-25(11-15-44)24-4-6-26(7-5-24)33(40)49-35(48)41-3/h4-10,18-20,23,37,40H,11-17,21-22,38-39H2,1-3H3,(H,41,48)/b32-27+,37-19?,40-33?,42-20?/t36-/m0/s1. The van der Waals surface area contributed by atoms with Crippen LogP contribution in [0.2, 0.25) is 0 Å². The van der Waals surface area contributed by atoms with Crippen LogP contribution in [0.3, 0.4) is 0 Å². The van der Waals surface area contributed by atoms with Gasteiger partial charge < -0.3 is 36.7 Å². The second kappa shape index (κ2) is 14.9. The van der Waals surface area contributed by atoms with E-state index < -0.39 is 11.5 Å². The molecule has 0 radical (unpaired) electrons. The number of nitrogens with one attached hydrogen (secondary N) is 3. The third-order valence-electron chi connectivity index (χ3n) is 9.40. The Hall–Kier alpha value is -5.30. The summed E-state index contributed by atoms with van der Waals surface area (Å²) in [6.07, 6.45) is 6.17. The molecule has 3 aliphatic rings. The topological polar surface area (TPSA) is 194 Å². The Labute approximate surface area is 286 Å². The maximum Gasteiger partial charge on any atom is 0.413 e. The van der Waals surface area contributed by atoms with Crippen molar-refractivity contribution in [3.63, 3.8) is 0 Å². The predicted molar refractivity (Wildman–Crippen MR) is 193 cm³/mol. The first-order chi connectivity index (χ1) is 23.4. The van der Waals surface area contributed by atoms with Gasteiger partial charge in [0.15, 0.2) is 0 Å². The van der Waals surface area contributed by atoms with Crippen molar-refractivity contribution in [2.24, 2.45) is 16.1 Å². The maximum absolute atomic E-state index is 13.9. The van der Waals surface area contributed by atoms with Gasteiger partial charge in [0.1, 0.15) is 0 Å². The van der Waals surface area contributed by atoms with Crippen LogP contribution >= 0.6 is 0 Å². The van der Waals surface area contributed by atoms with E-state index in [0.717, 1.165) is 17.4 Å². The van der Waals surface area contributed by atoms with E-state index >= 15 is 0 Å². The SMILES string of the molecule is CNC(=O)OC(=N)c1ccc(C2=CCN(C(=O)CN3CC[C@]4(CCN(c5ccc(N)c(/C(N)=C(/C=N)C=NC(C)C)c5)C4=O)C3)CC2)cc1. The molecule has 2 saturated heterocycles. The lowest BCUT2D eigenvalue weighted by Gasteiger charge is -2.29. The molecule has 2 aromatic carbocycles. The fraction of sp³-hybridized carbons (Fsp3) is 0.389. The molecule has 5 rings (SSSR count). The molecule has 3 amide bonds. The molecule has 0 aliphatic carbocycles. The van der Waals surface area contributed by atoms with Crippen molar-refractivity contribution in [3.8, 4) is 0 Å². The van der Waals surface area contributed by atoms with Gasteiger partial charge in [0, 0.05) is 79.8 Å². The van der Waals surface area contributed by atoms with Gasteiger partial charge >= 0.3 is 6.09 Å². The van der Waals surface area contributed by atoms with E-state index in [4.69, 9.17) is 27.0 Å². The third kappa shape index (κ3) is 7.72. The number of amides is 3. The fourth-order valence-electron chi connectivity index (χ4n) is 6.54. The van der Waals surface area contributed by atoms with Crippen molar-refractivity contribution in [1.29, 1.82) is 10.8 Å². The Kier molecular flexibility index (Phi) is 10.6. The first-order valence-corrected chi connectivity index (χ1v) is 16.5. The molecule has 13 nitrogen and oxygen atoms in total. The van der Waals surface area contributed by atoms with Gasteiger partial charge in [0.05, 0.1) is 17.7 Å². The number of hydrogen-bond acceptors (Lipinski definition) is 10. The highest BCUT2D eigenvalue weighted by Gasteiger charge is 2.51. The quantitative estimate of drug-likeness (QED) is 0.153. The summed E-state index contributed by atoms with van der Waals surface area (Å²) in [5.74, 6) is -0.144. The molecule has 0 unspecified atom stereocenters. The lowest BCUT2D eigenvalue weighted by Crippen LogP contribution is -2.43. The number of alkyl carbamates (subject to hydrolysis) is 1. The molecule has 13 heteroatoms. The highest BCUT2D eigenvalue weighted by molar-refractivity contribution is 6.11. The molecule has 1 spiro atoms. The van der Waals surface area contributed by atoms with Crippen molar-refractivity contribution in [2.45, 2.75) is 39.2 Å². The van der Waals surface area contributed by atoms with Gasteiger partial charge in [-0.05, 0) is 81.1 Å². The van der Waals surface area contributed by atoms with Crippen LogP contribution in [0, 0.1) is 16.2 Å². The highest BCUT2D eigenvalue weighted by Crippen LogP contribution is 2.43. The summed E-state index contributed by atoms with van der Waals surface area (Å²) in [4.78, 5) is 48.7. The van der Waals surface area contributed by atoms with E-state index in [9.17, 15) is 14.4 Å². The second-order valence-electron chi connectivity index (χ2n) is 13.0. The zero-order valence-electron chi connectivity index (χ0n) is 28.3. The molecule has 2 fully saturated rings. The van der Waals surface area contributed by atoms with Crippen LogP contribution in [0.25, 0.3) is 11.3 Å². The predicted octanol–water partition coefficient (Wildman–Crippen LogP) is 3.49. The lowest BCUT2D eigenvalue weighted by atomic mass is 9.85. The Morgan fingerprint density at radius 2 is 1.86 bits per heavy atom. The Balaban J connectivity index is 1.18. The normalized spacial score (nSPS) is 20.2. The van der Waals surface area contributed by atoms with Gasteiger partial charge in [-0.15, -0.1) is 0 Å². The molecule has 49 heavy (non-hydrogen) atoms. The minimum atomic E-state index is -0.691. The van der Waals surface area contributed by atoms with Crippen LogP contribution in [0.15, 0.2) is 59.1 Å². The van der Waals surface area contributed by atoms with Gasteiger partial charge in [-0.25, -0.2) is 4.79 Å². The smallest absolute Gasteiger partial charge is 0.398 e. The maximum atomic E-state index is 13.9. The van der Waals surface area contributed by atoms with E-state index in [0.29, 0.717) is 85.8 Å². The van der Waals surface area contributed by atoms with Gasteiger partial charge in [-0.1, -0.05) is 18.2 Å². The zero-order valence-corrected chi connectivity index (χ0v) is 28.3. The van der Waals surface area contributed by atoms with Crippen molar-refractivity contribution < 1.29 is 19.1 Å². The van der Waals surface area contributed by atoms with Gasteiger partial charge in [0.25, 0.3) is 0 Å². The van der Waals surface area contributed by atoms with Crippen LogP contribution in [-0.2, 0) is 14.3 Å². The van der Waals surface area contributed by atoms with Crippen LogP contribution < -0.4 is 21.7 Å². The van der Waals surface area contributed by atoms with Crippen LogP contribution in [0.5, 0.6) is 0 Å². The molecule has 0 bridgehead atoms. The number of likely N-dealkylation sites (tertiary alicyclic amines) is 1. The van der Waals surface area contributed by atoms with Gasteiger partial charge in [-0.3, -0.25) is 24.9 Å². The van der Waals surface area contributed by atoms with Crippen LogP contribution in [0.4, 0.5) is 16.2 Å². The molecular weight excluding hydrogens is 622 g/mol. The number of allylic oxidation sites excluding steroid dienone is 1. The van der Waals surface area contributed by atoms with Crippen LogP contribution in [0.1, 0.15) is 49.8 Å². The number of aliphatic imine (C=N–C) groups is 1. The number of hydrogen-bond donors (Lipinski definition) is 5. The number of rotatable bonds is 9. The molecule has 2 aromatic rings. The molecule has 0 aromatic heterocycles. The number of nitrogens with two attached hydrogens (primary N) is 2. The van der Waals surface area contributed by atoms with E-state index in [1.54, 1.807) is 29.3 Å².